The highest BCUT2D eigenvalue weighted by molar-refractivity contribution is 5.81. The van der Waals surface area contributed by atoms with Gasteiger partial charge in [0.1, 0.15) is 0 Å². The van der Waals surface area contributed by atoms with Crippen LogP contribution in [-0.2, 0) is 6.54 Å². The number of rotatable bonds is 4. The van der Waals surface area contributed by atoms with Crippen LogP contribution in [0, 0.1) is 0 Å². The number of H-pyrrole nitrogens is 1. The molecule has 0 bridgehead atoms. The van der Waals surface area contributed by atoms with Gasteiger partial charge >= 0.3 is 0 Å². The van der Waals surface area contributed by atoms with E-state index in [0.717, 1.165) is 49.1 Å². The predicted molar refractivity (Wildman–Crippen MR) is 92.3 cm³/mol. The molecule has 0 aliphatic carbocycles. The molecule has 1 aromatic carbocycles. The summed E-state index contributed by atoms with van der Waals surface area (Å²) in [4.78, 5) is 6.90. The number of fused-ring (bicyclic) bond motifs is 1. The molecule has 3 aromatic rings. The molecule has 118 valence electrons. The first kappa shape index (κ1) is 14.2. The van der Waals surface area contributed by atoms with Gasteiger partial charge in [-0.3, -0.25) is 15.0 Å². The van der Waals surface area contributed by atoms with Crippen molar-refractivity contribution in [2.45, 2.75) is 25.4 Å². The zero-order chi connectivity index (χ0) is 15.5. The second-order valence-corrected chi connectivity index (χ2v) is 6.19. The first-order valence-electron chi connectivity index (χ1n) is 8.19. The highest BCUT2D eigenvalue weighted by Crippen LogP contribution is 2.21. The molecule has 5 heteroatoms. The van der Waals surface area contributed by atoms with E-state index in [1.165, 1.54) is 5.69 Å². The Hall–Kier alpha value is -2.40. The number of piperidine rings is 1. The lowest BCUT2D eigenvalue weighted by Gasteiger charge is -2.32. The van der Waals surface area contributed by atoms with Gasteiger partial charge in [-0.2, -0.15) is 5.10 Å². The Morgan fingerprint density at radius 1 is 1.17 bits per heavy atom. The summed E-state index contributed by atoms with van der Waals surface area (Å²) < 4.78 is 0. The van der Waals surface area contributed by atoms with Gasteiger partial charge in [-0.05, 0) is 43.2 Å². The van der Waals surface area contributed by atoms with Crippen molar-refractivity contribution in [3.05, 3.63) is 54.5 Å². The molecule has 1 aliphatic heterocycles. The summed E-state index contributed by atoms with van der Waals surface area (Å²) in [6.45, 7) is 3.18. The van der Waals surface area contributed by atoms with Crippen molar-refractivity contribution < 1.29 is 0 Å². The third-order valence-electron chi connectivity index (χ3n) is 4.51. The van der Waals surface area contributed by atoms with Crippen LogP contribution in [0.15, 0.2) is 48.8 Å². The number of pyridine rings is 1. The van der Waals surface area contributed by atoms with Gasteiger partial charge in [-0.25, -0.2) is 0 Å². The lowest BCUT2D eigenvalue weighted by molar-refractivity contribution is 0.209. The third-order valence-corrected chi connectivity index (χ3v) is 4.51. The van der Waals surface area contributed by atoms with Crippen LogP contribution in [0.5, 0.6) is 0 Å². The molecule has 0 amide bonds. The standard InChI is InChI=1S/C18H21N5/c1-2-8-19-17(3-1)13-23-9-6-15(7-10-23)21-16-4-5-18-14(11-16)12-20-22-18/h1-5,8,11-12,15,21H,6-7,9-10,13H2,(H,20,22). The number of hydrogen-bond donors (Lipinski definition) is 2. The van der Waals surface area contributed by atoms with Crippen molar-refractivity contribution in [2.75, 3.05) is 18.4 Å². The fourth-order valence-electron chi connectivity index (χ4n) is 3.22. The molecule has 0 spiro atoms. The van der Waals surface area contributed by atoms with E-state index in [-0.39, 0.29) is 0 Å². The molecule has 0 unspecified atom stereocenters. The van der Waals surface area contributed by atoms with Crippen LogP contribution < -0.4 is 5.32 Å². The molecule has 5 nitrogen and oxygen atoms in total. The van der Waals surface area contributed by atoms with Crippen LogP contribution in [-0.4, -0.2) is 39.2 Å². The number of nitrogens with zero attached hydrogens (tertiary/aromatic N) is 3. The quantitative estimate of drug-likeness (QED) is 0.778. The summed E-state index contributed by atoms with van der Waals surface area (Å²) in [5.41, 5.74) is 3.42. The molecular formula is C18H21N5. The van der Waals surface area contributed by atoms with Crippen LogP contribution in [0.3, 0.4) is 0 Å². The largest absolute Gasteiger partial charge is 0.382 e. The first-order valence-corrected chi connectivity index (χ1v) is 8.19. The minimum absolute atomic E-state index is 0.541. The molecular weight excluding hydrogens is 286 g/mol. The Morgan fingerprint density at radius 3 is 2.91 bits per heavy atom. The van der Waals surface area contributed by atoms with Crippen LogP contribution in [0.1, 0.15) is 18.5 Å². The van der Waals surface area contributed by atoms with E-state index in [9.17, 15) is 0 Å². The Kier molecular flexibility index (Phi) is 3.94. The second kappa shape index (κ2) is 6.38. The van der Waals surface area contributed by atoms with Gasteiger partial charge in [-0.1, -0.05) is 6.07 Å². The third kappa shape index (κ3) is 3.35. The Morgan fingerprint density at radius 2 is 2.09 bits per heavy atom. The minimum atomic E-state index is 0.541. The molecule has 4 rings (SSSR count). The summed E-state index contributed by atoms with van der Waals surface area (Å²) >= 11 is 0. The summed E-state index contributed by atoms with van der Waals surface area (Å²) in [7, 11) is 0. The smallest absolute Gasteiger partial charge is 0.0651 e. The van der Waals surface area contributed by atoms with E-state index in [2.05, 4.69) is 55.7 Å². The second-order valence-electron chi connectivity index (χ2n) is 6.19. The lowest BCUT2D eigenvalue weighted by atomic mass is 10.0. The molecule has 0 atom stereocenters. The SMILES string of the molecule is c1ccc(CN2CCC(Nc3ccc4[nH]ncc4c3)CC2)nc1. The van der Waals surface area contributed by atoms with Crippen molar-refractivity contribution in [3.8, 4) is 0 Å². The highest BCUT2D eigenvalue weighted by Gasteiger charge is 2.19. The van der Waals surface area contributed by atoms with Gasteiger partial charge in [0.05, 0.1) is 17.4 Å². The van der Waals surface area contributed by atoms with Gasteiger partial charge in [0, 0.05) is 42.9 Å². The lowest BCUT2D eigenvalue weighted by Crippen LogP contribution is -2.38. The fraction of sp³-hybridized carbons (Fsp3) is 0.333. The highest BCUT2D eigenvalue weighted by atomic mass is 15.1. The van der Waals surface area contributed by atoms with Crippen molar-refractivity contribution in [1.82, 2.24) is 20.1 Å². The average Bonchev–Trinajstić information content (AvgIpc) is 3.05. The fourth-order valence-corrected chi connectivity index (χ4v) is 3.22. The molecule has 1 fully saturated rings. The van der Waals surface area contributed by atoms with Gasteiger partial charge in [-0.15, -0.1) is 0 Å². The van der Waals surface area contributed by atoms with E-state index in [1.807, 2.05) is 18.5 Å². The van der Waals surface area contributed by atoms with E-state index in [1.54, 1.807) is 0 Å². The average molecular weight is 307 g/mol. The molecule has 2 N–H and O–H groups in total. The molecule has 0 saturated carbocycles. The van der Waals surface area contributed by atoms with Gasteiger partial charge < -0.3 is 5.32 Å². The van der Waals surface area contributed by atoms with E-state index >= 15 is 0 Å². The first-order chi connectivity index (χ1) is 11.4. The maximum absolute atomic E-state index is 4.42. The number of aromatic nitrogens is 3. The van der Waals surface area contributed by atoms with E-state index in [0.29, 0.717) is 6.04 Å². The topological polar surface area (TPSA) is 56.8 Å². The minimum Gasteiger partial charge on any atom is -0.382 e. The normalized spacial score (nSPS) is 16.7. The number of aromatic amines is 1. The zero-order valence-corrected chi connectivity index (χ0v) is 13.1. The van der Waals surface area contributed by atoms with Crippen molar-refractivity contribution in [1.29, 1.82) is 0 Å². The summed E-state index contributed by atoms with van der Waals surface area (Å²) in [5.74, 6) is 0. The van der Waals surface area contributed by atoms with Crippen LogP contribution in [0.4, 0.5) is 5.69 Å². The molecule has 3 heterocycles. The maximum Gasteiger partial charge on any atom is 0.0651 e. The Bertz CT molecular complexity index is 759. The Labute approximate surface area is 135 Å². The molecule has 2 aromatic heterocycles. The molecule has 1 aliphatic rings. The van der Waals surface area contributed by atoms with Crippen molar-refractivity contribution in [2.24, 2.45) is 0 Å². The number of anilines is 1. The predicted octanol–water partition coefficient (Wildman–Crippen LogP) is 3.03. The van der Waals surface area contributed by atoms with Gasteiger partial charge in [0.2, 0.25) is 0 Å². The number of benzene rings is 1. The van der Waals surface area contributed by atoms with Crippen LogP contribution in [0.25, 0.3) is 10.9 Å². The molecule has 23 heavy (non-hydrogen) atoms. The van der Waals surface area contributed by atoms with Gasteiger partial charge in [0.25, 0.3) is 0 Å². The summed E-state index contributed by atoms with van der Waals surface area (Å²) in [6.07, 6.45) is 6.07. The zero-order valence-electron chi connectivity index (χ0n) is 13.1. The van der Waals surface area contributed by atoms with Crippen LogP contribution in [0.2, 0.25) is 0 Å². The number of likely N-dealkylation sites (tertiary alicyclic amines) is 1. The van der Waals surface area contributed by atoms with Crippen molar-refractivity contribution in [3.63, 3.8) is 0 Å². The summed E-state index contributed by atoms with van der Waals surface area (Å²) in [6, 6.07) is 13.0. The number of nitrogens with one attached hydrogen (secondary N) is 2. The van der Waals surface area contributed by atoms with E-state index in [4.69, 9.17) is 0 Å². The molecule has 0 radical (unpaired) electrons. The Balaban J connectivity index is 1.32. The van der Waals surface area contributed by atoms with Gasteiger partial charge in [0.15, 0.2) is 0 Å². The van der Waals surface area contributed by atoms with Crippen molar-refractivity contribution >= 4 is 16.6 Å². The van der Waals surface area contributed by atoms with Crippen LogP contribution >= 0.6 is 0 Å². The number of hydrogen-bond acceptors (Lipinski definition) is 4. The molecule has 1 saturated heterocycles. The van der Waals surface area contributed by atoms with E-state index < -0.39 is 0 Å². The monoisotopic (exact) mass is 307 g/mol. The maximum atomic E-state index is 4.42. The summed E-state index contributed by atoms with van der Waals surface area (Å²) in [5, 5.41) is 11.9.